The van der Waals surface area contributed by atoms with Crippen molar-refractivity contribution in [3.63, 3.8) is 0 Å². The molecule has 1 fully saturated rings. The first-order valence-electron chi connectivity index (χ1n) is 5.05. The Labute approximate surface area is 91.3 Å². The van der Waals surface area contributed by atoms with Gasteiger partial charge in [0.15, 0.2) is 5.25 Å². The second-order valence-corrected chi connectivity index (χ2v) is 6.13. The first-order valence-corrected chi connectivity index (χ1v) is 6.56. The van der Waals surface area contributed by atoms with Crippen LogP contribution in [-0.2, 0) is 10.0 Å². The Balaban J connectivity index is 2.76. The molecule has 15 heavy (non-hydrogen) atoms. The molecule has 0 N–H and O–H groups in total. The van der Waals surface area contributed by atoms with E-state index in [1.165, 1.54) is 11.2 Å². The highest BCUT2D eigenvalue weighted by Gasteiger charge is 2.29. The summed E-state index contributed by atoms with van der Waals surface area (Å²) in [6.07, 6.45) is 0.827. The van der Waals surface area contributed by atoms with Crippen LogP contribution in [0.4, 0.5) is 0 Å². The van der Waals surface area contributed by atoms with Crippen molar-refractivity contribution in [2.45, 2.75) is 18.6 Å². The van der Waals surface area contributed by atoms with Crippen molar-refractivity contribution in [1.29, 1.82) is 5.26 Å². The molecule has 5 nitrogen and oxygen atoms in total. The number of rotatable bonds is 2. The number of sulfonamides is 1. The molecule has 0 aromatic carbocycles. The molecule has 1 aliphatic rings. The monoisotopic (exact) mass is 231 g/mol. The molecule has 0 aromatic heterocycles. The van der Waals surface area contributed by atoms with E-state index in [1.807, 2.05) is 7.05 Å². The molecule has 1 atom stereocenters. The molecule has 1 heterocycles. The van der Waals surface area contributed by atoms with Gasteiger partial charge >= 0.3 is 0 Å². The van der Waals surface area contributed by atoms with Crippen molar-refractivity contribution in [2.24, 2.45) is 0 Å². The Kier molecular flexibility index (Phi) is 4.08. The van der Waals surface area contributed by atoms with Crippen LogP contribution < -0.4 is 0 Å². The van der Waals surface area contributed by atoms with E-state index in [0.29, 0.717) is 13.1 Å². The lowest BCUT2D eigenvalue weighted by Crippen LogP contribution is -2.39. The quantitative estimate of drug-likeness (QED) is 0.664. The van der Waals surface area contributed by atoms with E-state index in [9.17, 15) is 8.42 Å². The number of hydrogen-bond donors (Lipinski definition) is 0. The molecule has 0 aromatic rings. The third-order valence-electron chi connectivity index (χ3n) is 2.67. The van der Waals surface area contributed by atoms with Gasteiger partial charge in [0.2, 0.25) is 10.0 Å². The van der Waals surface area contributed by atoms with Crippen molar-refractivity contribution in [2.75, 3.05) is 33.2 Å². The molecule has 1 aliphatic heterocycles. The Morgan fingerprint density at radius 2 is 1.93 bits per heavy atom. The predicted molar refractivity (Wildman–Crippen MR) is 57.7 cm³/mol. The summed E-state index contributed by atoms with van der Waals surface area (Å²) >= 11 is 0. The van der Waals surface area contributed by atoms with Crippen molar-refractivity contribution in [1.82, 2.24) is 9.21 Å². The number of nitrogens with zero attached hydrogens (tertiary/aromatic N) is 3. The second-order valence-electron chi connectivity index (χ2n) is 3.87. The van der Waals surface area contributed by atoms with Crippen molar-refractivity contribution in [3.8, 4) is 6.07 Å². The van der Waals surface area contributed by atoms with E-state index in [2.05, 4.69) is 4.90 Å². The van der Waals surface area contributed by atoms with Gasteiger partial charge < -0.3 is 4.90 Å². The lowest BCUT2D eigenvalue weighted by molar-refractivity contribution is 0.347. The van der Waals surface area contributed by atoms with E-state index in [4.69, 9.17) is 5.26 Å². The Hall–Kier alpha value is -0.640. The van der Waals surface area contributed by atoms with Gasteiger partial charge in [0.25, 0.3) is 0 Å². The molecule has 1 unspecified atom stereocenters. The van der Waals surface area contributed by atoms with Crippen LogP contribution in [-0.4, -0.2) is 56.1 Å². The lowest BCUT2D eigenvalue weighted by atomic mass is 10.4. The van der Waals surface area contributed by atoms with Gasteiger partial charge in [-0.3, -0.25) is 0 Å². The summed E-state index contributed by atoms with van der Waals surface area (Å²) in [5, 5.41) is 7.71. The standard InChI is InChI=1S/C9H17N3O2S/c1-9(8-10)15(13,14)12-5-3-4-11(2)6-7-12/h9H,3-7H2,1-2H3. The van der Waals surface area contributed by atoms with Gasteiger partial charge in [0, 0.05) is 19.6 Å². The zero-order valence-corrected chi connectivity index (χ0v) is 10.00. The lowest BCUT2D eigenvalue weighted by Gasteiger charge is -2.21. The summed E-state index contributed by atoms with van der Waals surface area (Å²) in [4.78, 5) is 2.10. The Morgan fingerprint density at radius 3 is 2.53 bits per heavy atom. The first kappa shape index (κ1) is 12.4. The number of likely N-dealkylation sites (N-methyl/N-ethyl adjacent to an activating group) is 1. The molecular formula is C9H17N3O2S. The van der Waals surface area contributed by atoms with Crippen LogP contribution in [0.1, 0.15) is 13.3 Å². The van der Waals surface area contributed by atoms with E-state index in [-0.39, 0.29) is 0 Å². The van der Waals surface area contributed by atoms with Crippen molar-refractivity contribution >= 4 is 10.0 Å². The van der Waals surface area contributed by atoms with Crippen molar-refractivity contribution in [3.05, 3.63) is 0 Å². The molecule has 0 saturated carbocycles. The average Bonchev–Trinajstić information content (AvgIpc) is 2.41. The Morgan fingerprint density at radius 1 is 1.27 bits per heavy atom. The van der Waals surface area contributed by atoms with Crippen LogP contribution in [0.25, 0.3) is 0 Å². The molecule has 1 saturated heterocycles. The minimum Gasteiger partial charge on any atom is -0.305 e. The Bertz CT molecular complexity index is 347. The largest absolute Gasteiger partial charge is 0.305 e. The van der Waals surface area contributed by atoms with Crippen molar-refractivity contribution < 1.29 is 8.42 Å². The minimum atomic E-state index is -3.41. The van der Waals surface area contributed by atoms with Crippen LogP contribution in [0.5, 0.6) is 0 Å². The van der Waals surface area contributed by atoms with Crippen LogP contribution in [0.15, 0.2) is 0 Å². The van der Waals surface area contributed by atoms with E-state index in [0.717, 1.165) is 19.5 Å². The second kappa shape index (κ2) is 4.92. The van der Waals surface area contributed by atoms with Gasteiger partial charge in [-0.2, -0.15) is 9.57 Å². The highest BCUT2D eigenvalue weighted by molar-refractivity contribution is 7.89. The molecule has 0 radical (unpaired) electrons. The molecule has 0 spiro atoms. The topological polar surface area (TPSA) is 64.4 Å². The molecule has 0 amide bonds. The predicted octanol–water partition coefficient (Wildman–Crippen LogP) is -0.134. The fourth-order valence-corrected chi connectivity index (χ4v) is 2.87. The van der Waals surface area contributed by atoms with Gasteiger partial charge in [-0.05, 0) is 26.9 Å². The molecule has 0 bridgehead atoms. The third kappa shape index (κ3) is 2.91. The zero-order valence-electron chi connectivity index (χ0n) is 9.18. The van der Waals surface area contributed by atoms with E-state index >= 15 is 0 Å². The molecule has 0 aliphatic carbocycles. The summed E-state index contributed by atoms with van der Waals surface area (Å²) in [7, 11) is -1.44. The fourth-order valence-electron chi connectivity index (χ4n) is 1.57. The third-order valence-corrected chi connectivity index (χ3v) is 4.75. The van der Waals surface area contributed by atoms with Gasteiger partial charge in [0.05, 0.1) is 6.07 Å². The number of nitriles is 1. The summed E-state index contributed by atoms with van der Waals surface area (Å²) < 4.78 is 25.2. The van der Waals surface area contributed by atoms with Gasteiger partial charge in [-0.1, -0.05) is 0 Å². The van der Waals surface area contributed by atoms with E-state index < -0.39 is 15.3 Å². The van der Waals surface area contributed by atoms with Gasteiger partial charge in [0.1, 0.15) is 0 Å². The summed E-state index contributed by atoms with van der Waals surface area (Å²) in [5.41, 5.74) is 0. The molecule has 86 valence electrons. The normalized spacial score (nSPS) is 23.0. The van der Waals surface area contributed by atoms with Crippen LogP contribution in [0.2, 0.25) is 0 Å². The highest BCUT2D eigenvalue weighted by Crippen LogP contribution is 2.11. The summed E-state index contributed by atoms with van der Waals surface area (Å²) in [6.45, 7) is 4.10. The molecule has 6 heteroatoms. The average molecular weight is 231 g/mol. The maximum Gasteiger partial charge on any atom is 0.230 e. The summed E-state index contributed by atoms with van der Waals surface area (Å²) in [5.74, 6) is 0. The van der Waals surface area contributed by atoms with Gasteiger partial charge in [-0.15, -0.1) is 0 Å². The van der Waals surface area contributed by atoms with Crippen LogP contribution in [0, 0.1) is 11.3 Å². The smallest absolute Gasteiger partial charge is 0.230 e. The van der Waals surface area contributed by atoms with Gasteiger partial charge in [-0.25, -0.2) is 8.42 Å². The highest BCUT2D eigenvalue weighted by atomic mass is 32.2. The minimum absolute atomic E-state index is 0.491. The zero-order chi connectivity index (χ0) is 11.5. The number of hydrogen-bond acceptors (Lipinski definition) is 4. The van der Waals surface area contributed by atoms with Crippen LogP contribution in [0.3, 0.4) is 0 Å². The van der Waals surface area contributed by atoms with Crippen LogP contribution >= 0.6 is 0 Å². The maximum absolute atomic E-state index is 11.9. The first-order chi connectivity index (χ1) is 6.98. The fraction of sp³-hybridized carbons (Fsp3) is 0.889. The SMILES string of the molecule is CC(C#N)S(=O)(=O)N1CCCN(C)CC1. The maximum atomic E-state index is 11.9. The molecular weight excluding hydrogens is 214 g/mol. The molecule has 1 rings (SSSR count). The summed E-state index contributed by atoms with van der Waals surface area (Å²) in [6, 6.07) is 1.79. The van der Waals surface area contributed by atoms with E-state index in [1.54, 1.807) is 6.07 Å².